The number of hydrogen-bond acceptors (Lipinski definition) is 4. The molecule has 0 bridgehead atoms. The summed E-state index contributed by atoms with van der Waals surface area (Å²) in [4.78, 5) is 16.0. The molecule has 0 saturated carbocycles. The fourth-order valence-corrected chi connectivity index (χ4v) is 3.68. The normalized spacial score (nSPS) is 10.4. The number of amides is 1. The van der Waals surface area contributed by atoms with Crippen LogP contribution in [0.4, 0.5) is 0 Å². The standard InChI is InChI=1S/C17H20N2OS2/c1-2-14-6-8-15(9-7-14)13-19-16(20)10-12-21-22-17-5-3-4-11-18-17/h3-9,11H,2,10,12-13H2,1H3,(H,19,20). The highest BCUT2D eigenvalue weighted by atomic mass is 33.1. The summed E-state index contributed by atoms with van der Waals surface area (Å²) in [5.41, 5.74) is 2.46. The Morgan fingerprint density at radius 2 is 1.91 bits per heavy atom. The molecule has 0 radical (unpaired) electrons. The molecular formula is C17H20N2OS2. The van der Waals surface area contributed by atoms with Crippen LogP contribution in [0.3, 0.4) is 0 Å². The summed E-state index contributed by atoms with van der Waals surface area (Å²) in [7, 11) is 3.26. The Hall–Kier alpha value is -1.46. The second-order valence-electron chi connectivity index (χ2n) is 4.77. The van der Waals surface area contributed by atoms with Crippen molar-refractivity contribution in [2.75, 3.05) is 5.75 Å². The lowest BCUT2D eigenvalue weighted by Crippen LogP contribution is -2.22. The molecule has 0 unspecified atom stereocenters. The molecule has 1 aromatic carbocycles. The van der Waals surface area contributed by atoms with E-state index in [0.717, 1.165) is 22.8 Å². The number of carbonyl (C=O) groups is 1. The van der Waals surface area contributed by atoms with E-state index in [1.807, 2.05) is 18.2 Å². The number of hydrogen-bond donors (Lipinski definition) is 1. The van der Waals surface area contributed by atoms with E-state index < -0.39 is 0 Å². The highest BCUT2D eigenvalue weighted by molar-refractivity contribution is 8.76. The van der Waals surface area contributed by atoms with Crippen LogP contribution in [0.15, 0.2) is 53.7 Å². The smallest absolute Gasteiger partial charge is 0.221 e. The van der Waals surface area contributed by atoms with Crippen LogP contribution < -0.4 is 5.32 Å². The van der Waals surface area contributed by atoms with Gasteiger partial charge in [-0.25, -0.2) is 4.98 Å². The predicted molar refractivity (Wildman–Crippen MR) is 94.8 cm³/mol. The van der Waals surface area contributed by atoms with E-state index >= 15 is 0 Å². The average molecular weight is 332 g/mol. The number of aromatic nitrogens is 1. The first-order chi connectivity index (χ1) is 10.8. The molecule has 1 amide bonds. The van der Waals surface area contributed by atoms with Crippen LogP contribution in [0.1, 0.15) is 24.5 Å². The lowest BCUT2D eigenvalue weighted by atomic mass is 10.1. The van der Waals surface area contributed by atoms with E-state index in [1.54, 1.807) is 27.8 Å². The third-order valence-electron chi connectivity index (χ3n) is 3.12. The van der Waals surface area contributed by atoms with Crippen molar-refractivity contribution < 1.29 is 4.79 Å². The molecule has 0 spiro atoms. The number of nitrogens with one attached hydrogen (secondary N) is 1. The van der Waals surface area contributed by atoms with Gasteiger partial charge in [-0.3, -0.25) is 4.79 Å². The molecule has 0 fully saturated rings. The predicted octanol–water partition coefficient (Wildman–Crippen LogP) is 4.09. The Morgan fingerprint density at radius 1 is 1.14 bits per heavy atom. The molecule has 1 N–H and O–H groups in total. The fraction of sp³-hybridized carbons (Fsp3) is 0.294. The lowest BCUT2D eigenvalue weighted by molar-refractivity contribution is -0.120. The van der Waals surface area contributed by atoms with Gasteiger partial charge in [0.05, 0.1) is 0 Å². The fourth-order valence-electron chi connectivity index (χ4n) is 1.81. The summed E-state index contributed by atoms with van der Waals surface area (Å²) in [6.07, 6.45) is 3.34. The van der Waals surface area contributed by atoms with Crippen LogP contribution >= 0.6 is 21.6 Å². The highest BCUT2D eigenvalue weighted by Crippen LogP contribution is 2.29. The van der Waals surface area contributed by atoms with Crippen LogP contribution in [0.5, 0.6) is 0 Å². The van der Waals surface area contributed by atoms with Gasteiger partial charge >= 0.3 is 0 Å². The molecule has 0 aliphatic rings. The minimum atomic E-state index is 0.0914. The summed E-state index contributed by atoms with van der Waals surface area (Å²) in [6.45, 7) is 2.73. The van der Waals surface area contributed by atoms with Crippen molar-refractivity contribution in [1.29, 1.82) is 0 Å². The summed E-state index contributed by atoms with van der Waals surface area (Å²) in [6, 6.07) is 14.2. The van der Waals surface area contributed by atoms with Gasteiger partial charge in [0, 0.05) is 24.9 Å². The van der Waals surface area contributed by atoms with Gasteiger partial charge in [-0.1, -0.05) is 48.0 Å². The van der Waals surface area contributed by atoms with Gasteiger partial charge in [-0.05, 0) is 40.5 Å². The molecule has 2 rings (SSSR count). The Kier molecular flexibility index (Phi) is 7.33. The average Bonchev–Trinajstić information content (AvgIpc) is 2.58. The summed E-state index contributed by atoms with van der Waals surface area (Å²) in [5.74, 6) is 0.871. The number of aryl methyl sites for hydroxylation is 1. The molecule has 0 aliphatic heterocycles. The van der Waals surface area contributed by atoms with Crippen molar-refractivity contribution in [3.05, 3.63) is 59.8 Å². The number of pyridine rings is 1. The number of rotatable bonds is 8. The van der Waals surface area contributed by atoms with E-state index in [-0.39, 0.29) is 5.91 Å². The minimum Gasteiger partial charge on any atom is -0.352 e. The molecule has 116 valence electrons. The molecule has 0 atom stereocenters. The maximum atomic E-state index is 11.8. The third kappa shape index (κ3) is 6.12. The molecule has 2 aromatic rings. The Balaban J connectivity index is 1.61. The van der Waals surface area contributed by atoms with E-state index in [4.69, 9.17) is 0 Å². The van der Waals surface area contributed by atoms with Crippen molar-refractivity contribution in [3.8, 4) is 0 Å². The van der Waals surface area contributed by atoms with Gasteiger partial charge in [0.2, 0.25) is 5.91 Å². The van der Waals surface area contributed by atoms with Crippen LogP contribution in [-0.4, -0.2) is 16.6 Å². The molecule has 5 heteroatoms. The van der Waals surface area contributed by atoms with Gasteiger partial charge in [0.25, 0.3) is 0 Å². The number of nitrogens with zero attached hydrogens (tertiary/aromatic N) is 1. The summed E-state index contributed by atoms with van der Waals surface area (Å²) >= 11 is 0. The second-order valence-corrected chi connectivity index (χ2v) is 7.21. The highest BCUT2D eigenvalue weighted by Gasteiger charge is 2.03. The van der Waals surface area contributed by atoms with Crippen molar-refractivity contribution in [1.82, 2.24) is 10.3 Å². The zero-order valence-electron chi connectivity index (χ0n) is 12.6. The van der Waals surface area contributed by atoms with Crippen molar-refractivity contribution >= 4 is 27.5 Å². The van der Waals surface area contributed by atoms with Crippen LogP contribution in [-0.2, 0) is 17.8 Å². The van der Waals surface area contributed by atoms with Crippen LogP contribution in [0.25, 0.3) is 0 Å². The first kappa shape index (κ1) is 16.9. The van der Waals surface area contributed by atoms with E-state index in [0.29, 0.717) is 13.0 Å². The quantitative estimate of drug-likeness (QED) is 0.584. The monoisotopic (exact) mass is 332 g/mol. The van der Waals surface area contributed by atoms with Crippen molar-refractivity contribution in [2.45, 2.75) is 31.3 Å². The van der Waals surface area contributed by atoms with Crippen molar-refractivity contribution in [2.24, 2.45) is 0 Å². The molecule has 0 aliphatic carbocycles. The van der Waals surface area contributed by atoms with Crippen LogP contribution in [0.2, 0.25) is 0 Å². The van der Waals surface area contributed by atoms with Crippen LogP contribution in [0, 0.1) is 0 Å². The van der Waals surface area contributed by atoms with Gasteiger partial charge in [-0.15, -0.1) is 0 Å². The van der Waals surface area contributed by atoms with E-state index in [9.17, 15) is 4.79 Å². The topological polar surface area (TPSA) is 42.0 Å². The molecule has 0 saturated heterocycles. The van der Waals surface area contributed by atoms with E-state index in [2.05, 4.69) is 41.5 Å². The Morgan fingerprint density at radius 3 is 2.59 bits per heavy atom. The van der Waals surface area contributed by atoms with Gasteiger partial charge in [0.1, 0.15) is 5.03 Å². The Bertz CT molecular complexity index is 573. The maximum Gasteiger partial charge on any atom is 0.221 e. The molecule has 3 nitrogen and oxygen atoms in total. The summed E-state index contributed by atoms with van der Waals surface area (Å²) < 4.78 is 0. The van der Waals surface area contributed by atoms with Gasteiger partial charge in [-0.2, -0.15) is 0 Å². The summed E-state index contributed by atoms with van der Waals surface area (Å²) in [5, 5.41) is 3.93. The number of benzene rings is 1. The molecular weight excluding hydrogens is 312 g/mol. The Labute approximate surface area is 139 Å². The largest absolute Gasteiger partial charge is 0.352 e. The minimum absolute atomic E-state index is 0.0914. The molecule has 1 aromatic heterocycles. The maximum absolute atomic E-state index is 11.8. The lowest BCUT2D eigenvalue weighted by Gasteiger charge is -2.06. The van der Waals surface area contributed by atoms with E-state index in [1.165, 1.54) is 5.56 Å². The third-order valence-corrected chi connectivity index (χ3v) is 5.38. The first-order valence-electron chi connectivity index (χ1n) is 7.33. The molecule has 1 heterocycles. The second kappa shape index (κ2) is 9.54. The zero-order chi connectivity index (χ0) is 15.6. The zero-order valence-corrected chi connectivity index (χ0v) is 14.3. The van der Waals surface area contributed by atoms with Gasteiger partial charge in [0.15, 0.2) is 0 Å². The SMILES string of the molecule is CCc1ccc(CNC(=O)CCSSc2ccccn2)cc1. The van der Waals surface area contributed by atoms with Gasteiger partial charge < -0.3 is 5.32 Å². The first-order valence-corrected chi connectivity index (χ1v) is 9.65. The number of carbonyl (C=O) groups excluding carboxylic acids is 1. The molecule has 22 heavy (non-hydrogen) atoms. The van der Waals surface area contributed by atoms with Crippen molar-refractivity contribution in [3.63, 3.8) is 0 Å².